The number of aromatic nitrogens is 3. The van der Waals surface area contributed by atoms with Crippen molar-refractivity contribution in [2.24, 2.45) is 18.9 Å². The van der Waals surface area contributed by atoms with Gasteiger partial charge in [-0.3, -0.25) is 19.1 Å². The van der Waals surface area contributed by atoms with Crippen molar-refractivity contribution in [2.75, 3.05) is 25.0 Å². The second-order valence-corrected chi connectivity index (χ2v) is 8.43. The molecule has 0 bridgehead atoms. The third-order valence-electron chi connectivity index (χ3n) is 6.54. The molecule has 0 unspecified atom stereocenters. The molecule has 1 saturated carbocycles. The van der Waals surface area contributed by atoms with E-state index in [1.165, 1.54) is 39.9 Å². The molecule has 5 rings (SSSR count). The molecule has 2 aliphatic rings. The number of pyridine rings is 1. The summed E-state index contributed by atoms with van der Waals surface area (Å²) in [7, 11) is 3.39. The summed E-state index contributed by atoms with van der Waals surface area (Å²) in [6, 6.07) is 6.31. The van der Waals surface area contributed by atoms with E-state index in [0.717, 1.165) is 12.3 Å². The number of fused-ring (bicyclic) bond motifs is 1. The molecular formula is C23H20F3N5O2. The average Bonchev–Trinajstić information content (AvgIpc) is 3.29. The van der Waals surface area contributed by atoms with E-state index in [2.05, 4.69) is 9.97 Å². The lowest BCUT2D eigenvalue weighted by Gasteiger charge is -2.26. The zero-order valence-electron chi connectivity index (χ0n) is 17.9. The first-order valence-electron chi connectivity index (χ1n) is 10.4. The van der Waals surface area contributed by atoms with Gasteiger partial charge in [0.2, 0.25) is 5.95 Å². The van der Waals surface area contributed by atoms with Gasteiger partial charge >= 0.3 is 0 Å². The Morgan fingerprint density at radius 1 is 1.12 bits per heavy atom. The molecule has 3 aromatic rings. The van der Waals surface area contributed by atoms with Gasteiger partial charge in [0.25, 0.3) is 11.5 Å². The summed E-state index contributed by atoms with van der Waals surface area (Å²) in [6.07, 6.45) is 2.50. The summed E-state index contributed by atoms with van der Waals surface area (Å²) in [5, 5.41) is 0. The molecule has 33 heavy (non-hydrogen) atoms. The summed E-state index contributed by atoms with van der Waals surface area (Å²) in [6.45, 7) is 0.780. The monoisotopic (exact) mass is 455 g/mol. The fourth-order valence-electron chi connectivity index (χ4n) is 4.77. The highest BCUT2D eigenvalue weighted by atomic mass is 19.2. The van der Waals surface area contributed by atoms with Gasteiger partial charge in [0.1, 0.15) is 0 Å². The Balaban J connectivity index is 1.35. The number of anilines is 1. The number of carbonyl (C=O) groups excluding carboxylic acids is 1. The van der Waals surface area contributed by atoms with E-state index < -0.39 is 23.4 Å². The highest BCUT2D eigenvalue weighted by molar-refractivity contribution is 5.95. The maximum atomic E-state index is 14.2. The van der Waals surface area contributed by atoms with Crippen molar-refractivity contribution in [3.8, 4) is 11.3 Å². The number of nitrogens with zero attached hydrogens (tertiary/aromatic N) is 5. The predicted octanol–water partition coefficient (Wildman–Crippen LogP) is 2.47. The lowest BCUT2D eigenvalue weighted by Crippen LogP contribution is -2.38. The number of hydrogen-bond acceptors (Lipinski definition) is 5. The highest BCUT2D eigenvalue weighted by Crippen LogP contribution is 2.49. The molecule has 2 fully saturated rings. The van der Waals surface area contributed by atoms with Crippen molar-refractivity contribution in [3.63, 3.8) is 0 Å². The third-order valence-corrected chi connectivity index (χ3v) is 6.54. The van der Waals surface area contributed by atoms with Crippen LogP contribution in [0.15, 0.2) is 47.5 Å². The first-order valence-corrected chi connectivity index (χ1v) is 10.4. The lowest BCUT2D eigenvalue weighted by molar-refractivity contribution is 0.0767. The first-order chi connectivity index (χ1) is 15.8. The van der Waals surface area contributed by atoms with Crippen LogP contribution < -0.4 is 10.5 Å². The van der Waals surface area contributed by atoms with Crippen LogP contribution in [0.3, 0.4) is 0 Å². The maximum Gasteiger partial charge on any atom is 0.256 e. The molecule has 3 heterocycles. The van der Waals surface area contributed by atoms with E-state index in [9.17, 15) is 22.8 Å². The Labute approximate surface area is 187 Å². The first kappa shape index (κ1) is 21.2. The molecule has 10 heteroatoms. The number of piperidine rings is 1. The van der Waals surface area contributed by atoms with E-state index in [4.69, 9.17) is 0 Å². The van der Waals surface area contributed by atoms with Gasteiger partial charge in [-0.25, -0.2) is 18.2 Å². The largest absolute Gasteiger partial charge is 0.342 e. The van der Waals surface area contributed by atoms with Crippen LogP contribution in [0.4, 0.5) is 19.1 Å². The van der Waals surface area contributed by atoms with Gasteiger partial charge in [0.05, 0.1) is 17.5 Å². The van der Waals surface area contributed by atoms with E-state index in [-0.39, 0.29) is 40.3 Å². The zero-order valence-corrected chi connectivity index (χ0v) is 17.9. The molecular weight excluding hydrogens is 435 g/mol. The van der Waals surface area contributed by atoms with Crippen molar-refractivity contribution in [1.29, 1.82) is 0 Å². The Morgan fingerprint density at radius 3 is 2.55 bits per heavy atom. The molecule has 0 radical (unpaired) electrons. The molecule has 0 N–H and O–H groups in total. The minimum Gasteiger partial charge on any atom is -0.342 e. The number of rotatable bonds is 4. The van der Waals surface area contributed by atoms with Gasteiger partial charge in [-0.05, 0) is 18.2 Å². The second kappa shape index (κ2) is 7.72. The van der Waals surface area contributed by atoms with Crippen LogP contribution in [0.1, 0.15) is 10.4 Å². The molecule has 170 valence electrons. The van der Waals surface area contributed by atoms with E-state index >= 15 is 0 Å². The zero-order chi connectivity index (χ0) is 23.4. The van der Waals surface area contributed by atoms with E-state index in [0.29, 0.717) is 19.0 Å². The summed E-state index contributed by atoms with van der Waals surface area (Å²) < 4.78 is 43.1. The molecule has 7 nitrogen and oxygen atoms in total. The van der Waals surface area contributed by atoms with Gasteiger partial charge in [0, 0.05) is 62.9 Å². The van der Waals surface area contributed by atoms with Gasteiger partial charge in [0.15, 0.2) is 17.5 Å². The molecule has 3 atom stereocenters. The van der Waals surface area contributed by atoms with Crippen LogP contribution in [0.2, 0.25) is 0 Å². The van der Waals surface area contributed by atoms with Crippen LogP contribution in [-0.4, -0.2) is 51.5 Å². The molecule has 1 aliphatic heterocycles. The Bertz CT molecular complexity index is 1320. The molecule has 2 aromatic heterocycles. The number of likely N-dealkylation sites (tertiary alicyclic amines) is 1. The van der Waals surface area contributed by atoms with E-state index in [1.807, 2.05) is 4.90 Å². The smallest absolute Gasteiger partial charge is 0.256 e. The normalized spacial score (nSPS) is 21.1. The van der Waals surface area contributed by atoms with Crippen LogP contribution in [-0.2, 0) is 7.05 Å². The minimum absolute atomic E-state index is 0.0158. The number of carbonyl (C=O) groups is 1. The standard InChI is InChI=1S/C23H20F3N5O2/c1-29-19(32)8-18(12-6-7-27-9-17(12)25)28-23(29)30(2)21-14-10-31(11-15(14)21)22(33)13-4-3-5-16(24)20(13)26/h3-9,14-15,21H,10-11H2,1-2H3/t14-,15+,21-. The lowest BCUT2D eigenvalue weighted by atomic mass is 10.1. The summed E-state index contributed by atoms with van der Waals surface area (Å²) >= 11 is 0. The van der Waals surface area contributed by atoms with Crippen molar-refractivity contribution in [1.82, 2.24) is 19.4 Å². The average molecular weight is 455 g/mol. The molecule has 1 saturated heterocycles. The number of benzene rings is 1. The molecule has 0 spiro atoms. The van der Waals surface area contributed by atoms with Crippen LogP contribution >= 0.6 is 0 Å². The summed E-state index contributed by atoms with van der Waals surface area (Å²) in [5.41, 5.74) is -0.217. The quantitative estimate of drug-likeness (QED) is 0.605. The maximum absolute atomic E-state index is 14.2. The number of halogens is 3. The van der Waals surface area contributed by atoms with Crippen LogP contribution in [0.5, 0.6) is 0 Å². The fraction of sp³-hybridized carbons (Fsp3) is 0.304. The van der Waals surface area contributed by atoms with Gasteiger partial charge < -0.3 is 9.80 Å². The molecule has 1 aromatic carbocycles. The SMILES string of the molecule is CN(c1nc(-c2ccncc2F)cc(=O)n1C)[C@@H]1[C@@H]2CN(C(=O)c3cccc(F)c3F)C[C@@H]21. The topological polar surface area (TPSA) is 71.3 Å². The van der Waals surface area contributed by atoms with Crippen molar-refractivity contribution in [2.45, 2.75) is 6.04 Å². The van der Waals surface area contributed by atoms with Crippen molar-refractivity contribution in [3.05, 3.63) is 76.1 Å². The van der Waals surface area contributed by atoms with Gasteiger partial charge in [-0.15, -0.1) is 0 Å². The Morgan fingerprint density at radius 2 is 1.85 bits per heavy atom. The third kappa shape index (κ3) is 3.46. The highest BCUT2D eigenvalue weighted by Gasteiger charge is 2.59. The second-order valence-electron chi connectivity index (χ2n) is 8.43. The number of hydrogen-bond donors (Lipinski definition) is 0. The van der Waals surface area contributed by atoms with Gasteiger partial charge in [-0.2, -0.15) is 0 Å². The van der Waals surface area contributed by atoms with Crippen molar-refractivity contribution < 1.29 is 18.0 Å². The Kier molecular flexibility index (Phi) is 4.95. The van der Waals surface area contributed by atoms with Crippen molar-refractivity contribution >= 4 is 11.9 Å². The molecule has 1 amide bonds. The van der Waals surface area contributed by atoms with Crippen LogP contribution in [0, 0.1) is 29.3 Å². The molecule has 1 aliphatic carbocycles. The van der Waals surface area contributed by atoms with E-state index in [1.54, 1.807) is 14.1 Å². The number of amides is 1. The summed E-state index contributed by atoms with van der Waals surface area (Å²) in [5.74, 6) is -2.73. The Hall–Kier alpha value is -3.69. The fourth-order valence-corrected chi connectivity index (χ4v) is 4.77. The summed E-state index contributed by atoms with van der Waals surface area (Å²) in [4.78, 5) is 36.8. The van der Waals surface area contributed by atoms with Gasteiger partial charge in [-0.1, -0.05) is 6.07 Å². The predicted molar refractivity (Wildman–Crippen MR) is 114 cm³/mol. The minimum atomic E-state index is -1.14. The van der Waals surface area contributed by atoms with Crippen LogP contribution in [0.25, 0.3) is 11.3 Å².